The number of aromatic nitrogens is 2. The van der Waals surface area contributed by atoms with Gasteiger partial charge in [-0.2, -0.15) is 5.26 Å². The lowest BCUT2D eigenvalue weighted by atomic mass is 10.2. The molecule has 1 aromatic heterocycles. The van der Waals surface area contributed by atoms with Crippen molar-refractivity contribution < 1.29 is 18.9 Å². The zero-order valence-electron chi connectivity index (χ0n) is 24.9. The van der Waals surface area contributed by atoms with Crippen molar-refractivity contribution in [2.24, 2.45) is 0 Å². The molecule has 0 amide bonds. The molecule has 1 aromatic rings. The molecule has 0 spiro atoms. The van der Waals surface area contributed by atoms with Gasteiger partial charge in [0.15, 0.2) is 0 Å². The van der Waals surface area contributed by atoms with E-state index in [4.69, 9.17) is 19.0 Å². The number of rotatable bonds is 13. The Hall–Kier alpha value is -1.64. The Kier molecular flexibility index (Phi) is 11.9. The van der Waals surface area contributed by atoms with Gasteiger partial charge in [-0.1, -0.05) is 39.9 Å². The number of nitriles is 1. The van der Waals surface area contributed by atoms with E-state index in [1.54, 1.807) is 6.08 Å². The second-order valence-corrected chi connectivity index (χ2v) is 19.2. The van der Waals surface area contributed by atoms with Crippen LogP contribution in [-0.4, -0.2) is 64.0 Å². The van der Waals surface area contributed by atoms with E-state index >= 15 is 0 Å². The minimum absolute atomic E-state index is 0.100. The van der Waals surface area contributed by atoms with Crippen molar-refractivity contribution in [3.63, 3.8) is 0 Å². The number of aromatic amines is 1. The van der Waals surface area contributed by atoms with Gasteiger partial charge >= 0.3 is 5.69 Å². The maximum atomic E-state index is 12.9. The molecule has 0 bridgehead atoms. The molecule has 0 radical (unpaired) electrons. The molecule has 12 heteroatoms. The number of hydrogen-bond acceptors (Lipinski definition) is 8. The van der Waals surface area contributed by atoms with Crippen LogP contribution < -0.4 is 11.2 Å². The topological polar surface area (TPSA) is 130 Å². The summed E-state index contributed by atoms with van der Waals surface area (Å²) in [5, 5.41) is 20.7. The zero-order valence-corrected chi connectivity index (χ0v) is 26.8. The Morgan fingerprint density at radius 3 is 2.46 bits per heavy atom. The molecule has 2 unspecified atom stereocenters. The quantitative estimate of drug-likeness (QED) is 0.149. The number of aliphatic hydroxyl groups is 1. The lowest BCUT2D eigenvalue weighted by Gasteiger charge is -2.44. The molecule has 0 aromatic carbocycles. The largest absolute Gasteiger partial charge is 0.394 e. The molecule has 1 fully saturated rings. The van der Waals surface area contributed by atoms with Crippen molar-refractivity contribution >= 4 is 16.6 Å². The molecule has 0 saturated carbocycles. The van der Waals surface area contributed by atoms with Gasteiger partial charge in [0.05, 0.1) is 39.0 Å². The Balaban J connectivity index is 2.55. The van der Waals surface area contributed by atoms with Crippen molar-refractivity contribution in [1.82, 2.24) is 14.2 Å². The molecule has 2 rings (SSSR count). The van der Waals surface area contributed by atoms with Crippen molar-refractivity contribution in [3.05, 3.63) is 45.3 Å². The zero-order chi connectivity index (χ0) is 29.7. The molecular weight excluding hydrogens is 535 g/mol. The summed E-state index contributed by atoms with van der Waals surface area (Å²) in [6.45, 7) is 22.8. The van der Waals surface area contributed by atoms with Crippen LogP contribution in [0.4, 0.5) is 0 Å². The maximum Gasteiger partial charge on any atom is 0.330 e. The average Bonchev–Trinajstić information content (AvgIpc) is 3.22. The summed E-state index contributed by atoms with van der Waals surface area (Å²) in [5.74, 6) is 0. The fourth-order valence-corrected chi connectivity index (χ4v) is 8.27. The first-order valence-corrected chi connectivity index (χ1v) is 17.8. The van der Waals surface area contributed by atoms with E-state index < -0.39 is 52.0 Å². The van der Waals surface area contributed by atoms with Gasteiger partial charge in [0.2, 0.25) is 0 Å². The van der Waals surface area contributed by atoms with Crippen LogP contribution >= 0.6 is 8.53 Å². The number of H-pyrrole nitrogens is 1. The van der Waals surface area contributed by atoms with Crippen LogP contribution in [0.2, 0.25) is 18.1 Å². The monoisotopic (exact) mass is 582 g/mol. The number of hydrogen-bond donors (Lipinski definition) is 2. The summed E-state index contributed by atoms with van der Waals surface area (Å²) in [7, 11) is -3.95. The lowest BCUT2D eigenvalue weighted by Crippen LogP contribution is -2.57. The van der Waals surface area contributed by atoms with Crippen molar-refractivity contribution in [1.29, 1.82) is 5.26 Å². The van der Waals surface area contributed by atoms with E-state index in [1.807, 2.05) is 0 Å². The molecule has 5 atom stereocenters. The Bertz CT molecular complexity index is 1110. The molecule has 39 heavy (non-hydrogen) atoms. The van der Waals surface area contributed by atoms with Crippen LogP contribution in [0, 0.1) is 11.3 Å². The predicted molar refractivity (Wildman–Crippen MR) is 157 cm³/mol. The van der Waals surface area contributed by atoms with Gasteiger partial charge in [-0.3, -0.25) is 14.3 Å². The number of allylic oxidation sites excluding steroid dienone is 1. The molecular formula is C27H47N4O6PSi. The number of nitrogens with one attached hydrogen (secondary N) is 1. The molecule has 1 saturated heterocycles. The highest BCUT2D eigenvalue weighted by Crippen LogP contribution is 2.51. The highest BCUT2D eigenvalue weighted by Gasteiger charge is 2.52. The van der Waals surface area contributed by atoms with Gasteiger partial charge in [0, 0.05) is 30.3 Å². The molecule has 1 aliphatic heterocycles. The minimum Gasteiger partial charge on any atom is -0.394 e. The molecule has 1 aliphatic rings. The molecule has 0 aliphatic carbocycles. The molecule has 2 N–H and O–H groups in total. The molecule has 220 valence electrons. The van der Waals surface area contributed by atoms with Gasteiger partial charge in [-0.05, 0) is 39.2 Å². The Morgan fingerprint density at radius 2 is 1.95 bits per heavy atom. The standard InChI is InChI=1S/C27H47N4O6PSi/c1-11-13-20-17-30(26(34)29-24(20)32)22-16-21(23(36-22)25(33)39(9,10)27(6,7)8)37-38(35-15-12-14-28)31(18(2)3)19(4)5/h11,17-19,21-23,25,33H,1,12-13,15-16H2,2-10H3,(H,29,32,34)/t21-,22+,23-,25?,38?/m0/s1. The summed E-state index contributed by atoms with van der Waals surface area (Å²) in [6, 6.07) is 2.31. The fourth-order valence-electron chi connectivity index (χ4n) is 4.52. The van der Waals surface area contributed by atoms with Gasteiger partial charge < -0.3 is 18.9 Å². The molecule has 10 nitrogen and oxygen atoms in total. The summed E-state index contributed by atoms with van der Waals surface area (Å²) in [4.78, 5) is 27.5. The van der Waals surface area contributed by atoms with Gasteiger partial charge in [-0.15, -0.1) is 6.58 Å². The van der Waals surface area contributed by atoms with Crippen LogP contribution in [0.5, 0.6) is 0 Å². The summed E-state index contributed by atoms with van der Waals surface area (Å²) >= 11 is 0. The highest BCUT2D eigenvalue weighted by atomic mass is 31.2. The smallest absolute Gasteiger partial charge is 0.330 e. The summed E-state index contributed by atoms with van der Waals surface area (Å²) in [6.07, 6.45) is 1.85. The van der Waals surface area contributed by atoms with Crippen LogP contribution in [-0.2, 0) is 20.2 Å². The summed E-state index contributed by atoms with van der Waals surface area (Å²) in [5.41, 5.74) is -1.45. The third-order valence-corrected chi connectivity index (χ3v) is 15.5. The van der Waals surface area contributed by atoms with Crippen LogP contribution in [0.15, 0.2) is 28.4 Å². The van der Waals surface area contributed by atoms with E-state index in [0.717, 1.165) is 0 Å². The minimum atomic E-state index is -2.34. The second kappa shape index (κ2) is 13.8. The van der Waals surface area contributed by atoms with E-state index in [-0.39, 0.29) is 36.6 Å². The maximum absolute atomic E-state index is 12.9. The van der Waals surface area contributed by atoms with Crippen LogP contribution in [0.3, 0.4) is 0 Å². The first-order chi connectivity index (χ1) is 18.1. The number of nitrogens with zero attached hydrogens (tertiary/aromatic N) is 3. The van der Waals surface area contributed by atoms with E-state index in [1.165, 1.54) is 10.8 Å². The Morgan fingerprint density at radius 1 is 1.33 bits per heavy atom. The Labute approximate surface area is 234 Å². The second-order valence-electron chi connectivity index (χ2n) is 12.2. The van der Waals surface area contributed by atoms with Gasteiger partial charge in [0.25, 0.3) is 14.1 Å². The van der Waals surface area contributed by atoms with Crippen LogP contribution in [0.1, 0.15) is 73.1 Å². The van der Waals surface area contributed by atoms with Crippen molar-refractivity contribution in [3.8, 4) is 6.07 Å². The van der Waals surface area contributed by atoms with E-state index in [9.17, 15) is 14.7 Å². The third kappa shape index (κ3) is 7.98. The fraction of sp³-hybridized carbons (Fsp3) is 0.741. The first kappa shape index (κ1) is 33.6. The summed E-state index contributed by atoms with van der Waals surface area (Å²) < 4.78 is 22.7. The third-order valence-electron chi connectivity index (χ3n) is 7.70. The van der Waals surface area contributed by atoms with Crippen molar-refractivity contribution in [2.75, 3.05) is 6.61 Å². The average molecular weight is 583 g/mol. The number of aliphatic hydroxyl groups excluding tert-OH is 1. The van der Waals surface area contributed by atoms with Crippen LogP contribution in [0.25, 0.3) is 0 Å². The first-order valence-electron chi connectivity index (χ1n) is 13.6. The lowest BCUT2D eigenvalue weighted by molar-refractivity contribution is -0.0606. The number of ether oxygens (including phenoxy) is 1. The van der Waals surface area contributed by atoms with Gasteiger partial charge in [-0.25, -0.2) is 9.46 Å². The SMILES string of the molecule is C=CCc1cn([C@H]2C[C@H](OP(OCCC#N)N(C(C)C)C(C)C)[C@@H](C(O)[Si](C)(C)C(C)(C)C)O2)c(=O)[nH]c1=O. The predicted octanol–water partition coefficient (Wildman–Crippen LogP) is 4.62. The molecule has 2 heterocycles. The van der Waals surface area contributed by atoms with Crippen molar-refractivity contribution in [2.45, 2.75) is 122 Å². The van der Waals surface area contributed by atoms with E-state index in [2.05, 4.69) is 83.9 Å². The normalized spacial score (nSPS) is 21.9. The van der Waals surface area contributed by atoms with Gasteiger partial charge in [0.1, 0.15) is 12.3 Å². The van der Waals surface area contributed by atoms with E-state index in [0.29, 0.717) is 12.0 Å². The highest BCUT2D eigenvalue weighted by molar-refractivity contribution is 7.44.